The molecule has 0 bridgehead atoms. The summed E-state index contributed by atoms with van der Waals surface area (Å²) in [6.45, 7) is 9.51. The molecule has 0 aliphatic carbocycles. The van der Waals surface area contributed by atoms with Gasteiger partial charge in [0.05, 0.1) is 42.8 Å². The fourth-order valence-electron chi connectivity index (χ4n) is 3.52. The fraction of sp³-hybridized carbons (Fsp3) is 0.593. The molecule has 16 nitrogen and oxygen atoms in total. The van der Waals surface area contributed by atoms with E-state index in [1.807, 2.05) is 32.9 Å². The molecule has 3 rings (SSSR count). The Bertz CT molecular complexity index is 1300. The minimum atomic E-state index is -0.508. The van der Waals surface area contributed by atoms with Gasteiger partial charge < -0.3 is 34.3 Å². The lowest BCUT2D eigenvalue weighted by atomic mass is 10.2. The maximum Gasteiger partial charge on any atom is 0.407 e. The molecular formula is C27H41N7O9S2. The van der Waals surface area contributed by atoms with Gasteiger partial charge in [0.15, 0.2) is 4.34 Å². The number of carbonyl (C=O) groups excluding carboxylic acids is 2. The van der Waals surface area contributed by atoms with Gasteiger partial charge in [0.25, 0.3) is 0 Å². The van der Waals surface area contributed by atoms with Crippen LogP contribution in [0.15, 0.2) is 28.7 Å². The molecule has 45 heavy (non-hydrogen) atoms. The number of aromatic nitrogens is 4. The van der Waals surface area contributed by atoms with Gasteiger partial charge in [-0.05, 0) is 51.8 Å². The highest BCUT2D eigenvalue weighted by Crippen LogP contribution is 2.32. The predicted octanol–water partition coefficient (Wildman–Crippen LogP) is 2.77. The summed E-state index contributed by atoms with van der Waals surface area (Å²) >= 11 is 2.34. The van der Waals surface area contributed by atoms with Crippen molar-refractivity contribution in [1.29, 1.82) is 0 Å². The average Bonchev–Trinajstić information content (AvgIpc) is 3.61. The van der Waals surface area contributed by atoms with Crippen LogP contribution in [0.4, 0.5) is 4.79 Å². The van der Waals surface area contributed by atoms with Crippen LogP contribution in [0, 0.1) is 0 Å². The van der Waals surface area contributed by atoms with Crippen molar-refractivity contribution >= 4 is 45.6 Å². The maximum absolute atomic E-state index is 12.2. The van der Waals surface area contributed by atoms with Crippen molar-refractivity contribution in [3.63, 3.8) is 0 Å². The third kappa shape index (κ3) is 15.6. The molecule has 0 aliphatic rings. The normalized spacial score (nSPS) is 11.6. The second kappa shape index (κ2) is 20.1. The van der Waals surface area contributed by atoms with Crippen LogP contribution < -0.4 is 21.3 Å². The molecule has 0 radical (unpaired) electrons. The van der Waals surface area contributed by atoms with E-state index in [0.717, 1.165) is 22.3 Å². The van der Waals surface area contributed by atoms with Gasteiger partial charge in [-0.3, -0.25) is 4.79 Å². The Kier molecular flexibility index (Phi) is 16.3. The number of rotatable bonds is 22. The molecule has 3 aromatic rings. The molecule has 0 atom stereocenters. The first kappa shape index (κ1) is 36.4. The molecule has 2 amide bonds. The quantitative estimate of drug-likeness (QED) is 0.0611. The van der Waals surface area contributed by atoms with E-state index in [-0.39, 0.29) is 19.1 Å². The molecule has 2 aromatic heterocycles. The minimum Gasteiger partial charge on any atom is -0.487 e. The van der Waals surface area contributed by atoms with Crippen LogP contribution in [0.2, 0.25) is 0 Å². The van der Waals surface area contributed by atoms with Gasteiger partial charge in [-0.25, -0.2) is 14.5 Å². The number of alkyl carbamates (subject to hydrolysis) is 1. The summed E-state index contributed by atoms with van der Waals surface area (Å²) in [5, 5.41) is 13.6. The van der Waals surface area contributed by atoms with E-state index >= 15 is 0 Å². The number of ether oxygens (including phenoxy) is 5. The molecule has 0 unspecified atom stereocenters. The number of fused-ring (bicyclic) bond motifs is 1. The standard InChI is InChI=1S/C27H41N7O9S2/c1-27(2,3)41-25(36)30-9-5-11-38-13-15-39-14-12-37-10-4-8-29-24(35)18-34-17-20(32-33-34)19-40-21-6-7-22-23(16-21)44-26(31-22)45-43-42-28/h6-7,16-17H,4-5,8-15,18-19,28H2,1-3H3,(H,29,35)(H,30,36). The Morgan fingerprint density at radius 2 is 1.69 bits per heavy atom. The molecule has 18 heteroatoms. The van der Waals surface area contributed by atoms with Gasteiger partial charge in [-0.1, -0.05) is 5.21 Å². The van der Waals surface area contributed by atoms with Crippen LogP contribution in [0.1, 0.15) is 39.3 Å². The Morgan fingerprint density at radius 3 is 2.38 bits per heavy atom. The average molecular weight is 672 g/mol. The number of benzene rings is 1. The summed E-state index contributed by atoms with van der Waals surface area (Å²) in [6, 6.07) is 5.51. The maximum atomic E-state index is 12.2. The van der Waals surface area contributed by atoms with Crippen LogP contribution in [0.3, 0.4) is 0 Å². The molecule has 0 saturated heterocycles. The van der Waals surface area contributed by atoms with Crippen molar-refractivity contribution < 1.29 is 42.6 Å². The van der Waals surface area contributed by atoms with Crippen molar-refractivity contribution in [2.24, 2.45) is 5.90 Å². The van der Waals surface area contributed by atoms with Crippen LogP contribution >= 0.6 is 23.4 Å². The Hall–Kier alpha value is -3.10. The molecule has 2 heterocycles. The van der Waals surface area contributed by atoms with Gasteiger partial charge in [0.2, 0.25) is 5.91 Å². The van der Waals surface area contributed by atoms with Crippen molar-refractivity contribution in [2.75, 3.05) is 52.7 Å². The van der Waals surface area contributed by atoms with Crippen molar-refractivity contribution in [2.45, 2.75) is 56.7 Å². The number of nitrogens with two attached hydrogens (primary N) is 1. The van der Waals surface area contributed by atoms with Gasteiger partial charge >= 0.3 is 6.09 Å². The summed E-state index contributed by atoms with van der Waals surface area (Å²) in [4.78, 5) is 32.2. The van der Waals surface area contributed by atoms with Crippen LogP contribution in [-0.4, -0.2) is 90.3 Å². The SMILES string of the molecule is CC(C)(C)OC(=O)NCCCOCCOCCOCCCNC(=O)Cn1cc(COc2ccc3nc(SOON)sc3c2)nn1. The third-order valence-corrected chi connectivity index (χ3v) is 7.08. The van der Waals surface area contributed by atoms with Gasteiger partial charge in [-0.2, -0.15) is 5.90 Å². The molecule has 1 aromatic carbocycles. The molecule has 0 fully saturated rings. The van der Waals surface area contributed by atoms with E-state index in [2.05, 4.69) is 35.3 Å². The van der Waals surface area contributed by atoms with Crippen molar-refractivity contribution in [3.8, 4) is 5.75 Å². The highest BCUT2D eigenvalue weighted by atomic mass is 32.2. The third-order valence-electron chi connectivity index (χ3n) is 5.43. The van der Waals surface area contributed by atoms with Gasteiger partial charge in [-0.15, -0.1) is 25.8 Å². The Balaban J connectivity index is 1.14. The number of nitrogens with one attached hydrogen (secondary N) is 2. The molecular weight excluding hydrogens is 630 g/mol. The zero-order valence-electron chi connectivity index (χ0n) is 25.7. The van der Waals surface area contributed by atoms with Crippen molar-refractivity contribution in [1.82, 2.24) is 30.6 Å². The zero-order chi connectivity index (χ0) is 32.3. The first-order valence-electron chi connectivity index (χ1n) is 14.3. The first-order valence-corrected chi connectivity index (χ1v) is 15.9. The van der Waals surface area contributed by atoms with E-state index in [1.165, 1.54) is 16.0 Å². The second-order valence-electron chi connectivity index (χ2n) is 10.4. The lowest BCUT2D eigenvalue weighted by molar-refractivity contribution is -0.195. The number of hydrogen-bond donors (Lipinski definition) is 3. The largest absolute Gasteiger partial charge is 0.487 e. The Morgan fingerprint density at radius 1 is 1.00 bits per heavy atom. The summed E-state index contributed by atoms with van der Waals surface area (Å²) in [6.07, 6.45) is 2.59. The molecule has 4 N–H and O–H groups in total. The molecule has 250 valence electrons. The topological polar surface area (TPSA) is 192 Å². The van der Waals surface area contributed by atoms with E-state index < -0.39 is 11.7 Å². The highest BCUT2D eigenvalue weighted by molar-refractivity contribution is 7.96. The van der Waals surface area contributed by atoms with E-state index in [1.54, 1.807) is 12.3 Å². The number of hydrogen-bond acceptors (Lipinski definition) is 15. The molecule has 0 saturated carbocycles. The van der Waals surface area contributed by atoms with Crippen LogP contribution in [0.5, 0.6) is 5.75 Å². The zero-order valence-corrected chi connectivity index (χ0v) is 27.3. The highest BCUT2D eigenvalue weighted by Gasteiger charge is 2.15. The summed E-state index contributed by atoms with van der Waals surface area (Å²) in [5.41, 5.74) is 0.879. The summed E-state index contributed by atoms with van der Waals surface area (Å²) < 4.78 is 35.1. The summed E-state index contributed by atoms with van der Waals surface area (Å²) in [5.74, 6) is 5.33. The monoisotopic (exact) mass is 671 g/mol. The lowest BCUT2D eigenvalue weighted by Crippen LogP contribution is -2.33. The minimum absolute atomic E-state index is 0.0475. The number of carbonyl (C=O) groups is 2. The molecule has 0 spiro atoms. The van der Waals surface area contributed by atoms with E-state index in [4.69, 9.17) is 29.6 Å². The molecule has 0 aliphatic heterocycles. The van der Waals surface area contributed by atoms with Crippen molar-refractivity contribution in [3.05, 3.63) is 30.1 Å². The lowest BCUT2D eigenvalue weighted by Gasteiger charge is -2.19. The summed E-state index contributed by atoms with van der Waals surface area (Å²) in [7, 11) is 0. The smallest absolute Gasteiger partial charge is 0.407 e. The van der Waals surface area contributed by atoms with Gasteiger partial charge in [0.1, 0.15) is 42.2 Å². The number of nitrogens with zero attached hydrogens (tertiary/aromatic N) is 4. The van der Waals surface area contributed by atoms with Crippen LogP contribution in [-0.2, 0) is 46.2 Å². The van der Waals surface area contributed by atoms with Gasteiger partial charge in [0, 0.05) is 26.3 Å². The number of amides is 2. The second-order valence-corrected chi connectivity index (χ2v) is 12.4. The number of thiazole rings is 1. The van der Waals surface area contributed by atoms with E-state index in [0.29, 0.717) is 81.4 Å². The fourth-order valence-corrected chi connectivity index (χ4v) is 4.97. The first-order chi connectivity index (χ1) is 21.7. The predicted molar refractivity (Wildman–Crippen MR) is 165 cm³/mol. The van der Waals surface area contributed by atoms with E-state index in [9.17, 15) is 9.59 Å². The Labute approximate surface area is 269 Å². The van der Waals surface area contributed by atoms with Crippen LogP contribution in [0.25, 0.3) is 10.2 Å².